The first-order valence-electron chi connectivity index (χ1n) is 2.59. The average molecular weight is 144 g/mol. The molecule has 0 aliphatic carbocycles. The summed E-state index contributed by atoms with van der Waals surface area (Å²) in [7, 11) is 1.06. The molecule has 0 radical (unpaired) electrons. The van der Waals surface area contributed by atoms with Crippen LogP contribution < -0.4 is 0 Å². The Labute approximate surface area is 55.7 Å². The predicted molar refractivity (Wildman–Crippen MR) is 42.3 cm³/mol. The highest BCUT2D eigenvalue weighted by molar-refractivity contribution is 7.36. The van der Waals surface area contributed by atoms with Crippen LogP contribution in [-0.2, 0) is 6.16 Å². The van der Waals surface area contributed by atoms with Crippen LogP contribution in [0, 0.1) is 0 Å². The minimum atomic E-state index is 1.06. The van der Waals surface area contributed by atoms with Crippen molar-refractivity contribution in [3.63, 3.8) is 0 Å². The minimum absolute atomic E-state index is 1.06. The van der Waals surface area contributed by atoms with E-state index in [1.807, 2.05) is 0 Å². The Kier molecular flexibility index (Phi) is 2.51. The van der Waals surface area contributed by atoms with Gasteiger partial charge in [-0.25, -0.2) is 0 Å². The lowest BCUT2D eigenvalue weighted by atomic mass is 10.4. The van der Waals surface area contributed by atoms with Gasteiger partial charge in [-0.15, -0.1) is 8.58 Å². The maximum absolute atomic E-state index is 2.23. The zero-order valence-electron chi connectivity index (χ0n) is 4.85. The predicted octanol–water partition coefficient (Wildman–Crippen LogP) is 2.56. The molecule has 1 unspecified atom stereocenters. The molecular weight excluding hydrogens is 135 g/mol. The fourth-order valence-electron chi connectivity index (χ4n) is 0.597. The van der Waals surface area contributed by atoms with Gasteiger partial charge in [-0.3, -0.25) is 0 Å². The third-order valence-electron chi connectivity index (χ3n) is 0.961. The van der Waals surface area contributed by atoms with E-state index in [2.05, 4.69) is 23.5 Å². The monoisotopic (exact) mass is 144 g/mol. The quantitative estimate of drug-likeness (QED) is 0.559. The molecule has 0 saturated carbocycles. The largest absolute Gasteiger partial charge is 0.152 e. The van der Waals surface area contributed by atoms with Crippen molar-refractivity contribution >= 4 is 19.9 Å². The van der Waals surface area contributed by atoms with E-state index in [1.54, 1.807) is 11.3 Å². The Bertz CT molecular complexity index is 134. The lowest BCUT2D eigenvalue weighted by molar-refractivity contribution is 1.47. The summed E-state index contributed by atoms with van der Waals surface area (Å²) in [6.45, 7) is 2.23. The molecule has 1 aromatic heterocycles. The molecule has 0 N–H and O–H groups in total. The summed E-state index contributed by atoms with van der Waals surface area (Å²) >= 11 is 1.78. The standard InChI is InChI=1S/C6H9PS/c1-7-4-6-2-3-8-5-6/h2-3,5,7H,4H2,1H3. The third-order valence-corrected chi connectivity index (χ3v) is 2.45. The molecule has 0 aliphatic heterocycles. The Hall–Kier alpha value is 0.130. The second-order valence-corrected chi connectivity index (χ2v) is 3.50. The Morgan fingerprint density at radius 3 is 3.12 bits per heavy atom. The first kappa shape index (κ1) is 6.25. The summed E-state index contributed by atoms with van der Waals surface area (Å²) in [5.41, 5.74) is 1.50. The van der Waals surface area contributed by atoms with Crippen molar-refractivity contribution < 1.29 is 0 Å². The van der Waals surface area contributed by atoms with Gasteiger partial charge in [0.25, 0.3) is 0 Å². The van der Waals surface area contributed by atoms with E-state index in [9.17, 15) is 0 Å². The van der Waals surface area contributed by atoms with Crippen LogP contribution >= 0.6 is 19.9 Å². The van der Waals surface area contributed by atoms with Gasteiger partial charge in [0.05, 0.1) is 0 Å². The van der Waals surface area contributed by atoms with E-state index in [1.165, 1.54) is 11.7 Å². The summed E-state index contributed by atoms with van der Waals surface area (Å²) in [5.74, 6) is 0. The fourth-order valence-corrected chi connectivity index (χ4v) is 2.04. The van der Waals surface area contributed by atoms with Gasteiger partial charge in [0.1, 0.15) is 0 Å². The minimum Gasteiger partial charge on any atom is -0.152 e. The van der Waals surface area contributed by atoms with Crippen molar-refractivity contribution in [1.82, 2.24) is 0 Å². The van der Waals surface area contributed by atoms with E-state index in [4.69, 9.17) is 0 Å². The third kappa shape index (κ3) is 1.57. The van der Waals surface area contributed by atoms with Gasteiger partial charge in [0, 0.05) is 0 Å². The second-order valence-electron chi connectivity index (χ2n) is 1.66. The van der Waals surface area contributed by atoms with Crippen molar-refractivity contribution in [1.29, 1.82) is 0 Å². The van der Waals surface area contributed by atoms with Crippen LogP contribution in [0.1, 0.15) is 5.56 Å². The molecule has 0 aliphatic rings. The summed E-state index contributed by atoms with van der Waals surface area (Å²) in [4.78, 5) is 0. The zero-order valence-corrected chi connectivity index (χ0v) is 6.66. The number of rotatable bonds is 2. The molecule has 0 aromatic carbocycles. The summed E-state index contributed by atoms with van der Waals surface area (Å²) in [6.07, 6.45) is 1.27. The van der Waals surface area contributed by atoms with Crippen LogP contribution in [0.3, 0.4) is 0 Å². The zero-order chi connectivity index (χ0) is 5.82. The van der Waals surface area contributed by atoms with Crippen molar-refractivity contribution in [3.05, 3.63) is 22.4 Å². The van der Waals surface area contributed by atoms with Gasteiger partial charge >= 0.3 is 0 Å². The van der Waals surface area contributed by atoms with Crippen molar-refractivity contribution in [3.8, 4) is 0 Å². The van der Waals surface area contributed by atoms with Gasteiger partial charge in [0.15, 0.2) is 0 Å². The summed E-state index contributed by atoms with van der Waals surface area (Å²) in [6, 6.07) is 2.20. The van der Waals surface area contributed by atoms with Crippen LogP contribution in [0.2, 0.25) is 0 Å². The highest BCUT2D eigenvalue weighted by atomic mass is 32.1. The molecule has 0 nitrogen and oxygen atoms in total. The average Bonchev–Trinajstić information content (AvgIpc) is 2.19. The van der Waals surface area contributed by atoms with Crippen LogP contribution in [0.4, 0.5) is 0 Å². The van der Waals surface area contributed by atoms with E-state index in [0.717, 1.165) is 8.58 Å². The maximum Gasteiger partial charge on any atom is -0.00578 e. The normalized spacial score (nSPS) is 11.1. The topological polar surface area (TPSA) is 0 Å². The number of hydrogen-bond acceptors (Lipinski definition) is 1. The van der Waals surface area contributed by atoms with Crippen LogP contribution in [0.25, 0.3) is 0 Å². The second kappa shape index (κ2) is 3.21. The molecule has 1 rings (SSSR count). The summed E-state index contributed by atoms with van der Waals surface area (Å²) < 4.78 is 0. The molecule has 44 valence electrons. The number of hydrogen-bond donors (Lipinski definition) is 0. The van der Waals surface area contributed by atoms with Crippen LogP contribution in [0.5, 0.6) is 0 Å². The van der Waals surface area contributed by atoms with Crippen LogP contribution in [-0.4, -0.2) is 6.66 Å². The molecule has 1 heterocycles. The molecule has 1 atom stereocenters. The molecule has 0 saturated heterocycles. The van der Waals surface area contributed by atoms with Gasteiger partial charge in [-0.2, -0.15) is 11.3 Å². The van der Waals surface area contributed by atoms with Crippen molar-refractivity contribution in [2.24, 2.45) is 0 Å². The summed E-state index contributed by atoms with van der Waals surface area (Å²) in [5, 5.41) is 4.35. The molecular formula is C6H9PS. The smallest absolute Gasteiger partial charge is 0.00578 e. The fraction of sp³-hybridized carbons (Fsp3) is 0.333. The molecule has 0 fully saturated rings. The van der Waals surface area contributed by atoms with Gasteiger partial charge in [0.2, 0.25) is 0 Å². The van der Waals surface area contributed by atoms with Gasteiger partial charge < -0.3 is 0 Å². The Morgan fingerprint density at radius 2 is 2.62 bits per heavy atom. The van der Waals surface area contributed by atoms with Crippen LogP contribution in [0.15, 0.2) is 16.8 Å². The van der Waals surface area contributed by atoms with Crippen molar-refractivity contribution in [2.75, 3.05) is 6.66 Å². The molecule has 0 bridgehead atoms. The maximum atomic E-state index is 2.23. The highest BCUT2D eigenvalue weighted by Crippen LogP contribution is 2.15. The van der Waals surface area contributed by atoms with E-state index >= 15 is 0 Å². The number of thiophene rings is 1. The Balaban J connectivity index is 2.50. The highest BCUT2D eigenvalue weighted by Gasteiger charge is 1.86. The molecule has 0 amide bonds. The molecule has 8 heavy (non-hydrogen) atoms. The van der Waals surface area contributed by atoms with Gasteiger partial charge in [-0.1, -0.05) is 0 Å². The van der Waals surface area contributed by atoms with E-state index in [-0.39, 0.29) is 0 Å². The first-order chi connectivity index (χ1) is 3.93. The SMILES string of the molecule is CPCc1ccsc1. The molecule has 0 spiro atoms. The first-order valence-corrected chi connectivity index (χ1v) is 5.24. The molecule has 2 heteroatoms. The Morgan fingerprint density at radius 1 is 1.75 bits per heavy atom. The van der Waals surface area contributed by atoms with Crippen molar-refractivity contribution in [2.45, 2.75) is 6.16 Å². The molecule has 1 aromatic rings. The lowest BCUT2D eigenvalue weighted by Crippen LogP contribution is -1.65. The van der Waals surface area contributed by atoms with Gasteiger partial charge in [-0.05, 0) is 35.2 Å². The lowest BCUT2D eigenvalue weighted by Gasteiger charge is -1.86. The van der Waals surface area contributed by atoms with E-state index in [0.29, 0.717) is 0 Å². The van der Waals surface area contributed by atoms with E-state index < -0.39 is 0 Å².